The highest BCUT2D eigenvalue weighted by molar-refractivity contribution is 5.78. The van der Waals surface area contributed by atoms with Crippen LogP contribution in [0.3, 0.4) is 0 Å². The molecule has 2 N–H and O–H groups in total. The van der Waals surface area contributed by atoms with Gasteiger partial charge in [-0.25, -0.2) is 0 Å². The molecule has 4 heteroatoms. The van der Waals surface area contributed by atoms with Gasteiger partial charge in [0, 0.05) is 25.1 Å². The molecule has 0 spiro atoms. The van der Waals surface area contributed by atoms with Gasteiger partial charge in [-0.3, -0.25) is 4.79 Å². The van der Waals surface area contributed by atoms with Crippen LogP contribution in [0.5, 0.6) is 5.75 Å². The van der Waals surface area contributed by atoms with Gasteiger partial charge in [0.05, 0.1) is 12.6 Å². The highest BCUT2D eigenvalue weighted by Gasteiger charge is 2.23. The summed E-state index contributed by atoms with van der Waals surface area (Å²) in [6, 6.07) is 7.58. The Kier molecular flexibility index (Phi) is 4.20. The van der Waals surface area contributed by atoms with E-state index in [1.165, 1.54) is 0 Å². The number of carbonyl (C=O) groups excluding carboxylic acids is 1. The zero-order valence-corrected chi connectivity index (χ0v) is 10.8. The monoisotopic (exact) mass is 248 g/mol. The zero-order chi connectivity index (χ0) is 13.0. The van der Waals surface area contributed by atoms with E-state index in [9.17, 15) is 4.79 Å². The van der Waals surface area contributed by atoms with Gasteiger partial charge in [-0.1, -0.05) is 18.2 Å². The lowest BCUT2D eigenvalue weighted by atomic mass is 10.1. The lowest BCUT2D eigenvalue weighted by Crippen LogP contribution is -2.33. The van der Waals surface area contributed by atoms with Crippen LogP contribution in [-0.2, 0) is 4.79 Å². The summed E-state index contributed by atoms with van der Waals surface area (Å²) in [5.74, 6) is 1.03. The van der Waals surface area contributed by atoms with Crippen molar-refractivity contribution in [1.29, 1.82) is 0 Å². The number of ether oxygens (including phenoxy) is 1. The van der Waals surface area contributed by atoms with Gasteiger partial charge in [0.25, 0.3) is 0 Å². The highest BCUT2D eigenvalue weighted by Crippen LogP contribution is 2.25. The molecular formula is C14H20N2O2. The van der Waals surface area contributed by atoms with E-state index in [4.69, 9.17) is 10.5 Å². The molecule has 1 aromatic rings. The molecule has 0 aromatic heterocycles. The number of likely N-dealkylation sites (tertiary alicyclic amines) is 1. The number of rotatable bonds is 5. The predicted molar refractivity (Wildman–Crippen MR) is 70.4 cm³/mol. The Morgan fingerprint density at radius 1 is 1.44 bits per heavy atom. The maximum atomic E-state index is 11.6. The molecule has 1 unspecified atom stereocenters. The molecule has 1 fully saturated rings. The molecular weight excluding hydrogens is 228 g/mol. The number of nitrogens with zero attached hydrogens (tertiary/aromatic N) is 1. The van der Waals surface area contributed by atoms with Gasteiger partial charge >= 0.3 is 0 Å². The first kappa shape index (κ1) is 12.9. The minimum absolute atomic E-state index is 0.185. The number of para-hydroxylation sites is 1. The second-order valence-electron chi connectivity index (χ2n) is 4.52. The fourth-order valence-corrected chi connectivity index (χ4v) is 2.31. The summed E-state index contributed by atoms with van der Waals surface area (Å²) < 4.78 is 5.57. The molecule has 18 heavy (non-hydrogen) atoms. The van der Waals surface area contributed by atoms with Crippen molar-refractivity contribution in [3.8, 4) is 5.75 Å². The lowest BCUT2D eigenvalue weighted by Gasteiger charge is -2.22. The summed E-state index contributed by atoms with van der Waals surface area (Å²) in [4.78, 5) is 13.4. The SMILES string of the molecule is CCOc1ccccc1C(N)CN1CCCC1=O. The fourth-order valence-electron chi connectivity index (χ4n) is 2.31. The van der Waals surface area contributed by atoms with Crippen molar-refractivity contribution in [1.82, 2.24) is 4.90 Å². The summed E-state index contributed by atoms with van der Waals surface area (Å²) >= 11 is 0. The predicted octanol–water partition coefficient (Wildman–Crippen LogP) is 1.71. The zero-order valence-electron chi connectivity index (χ0n) is 10.8. The second kappa shape index (κ2) is 5.87. The van der Waals surface area contributed by atoms with Gasteiger partial charge in [-0.15, -0.1) is 0 Å². The smallest absolute Gasteiger partial charge is 0.222 e. The maximum absolute atomic E-state index is 11.6. The average molecular weight is 248 g/mol. The van der Waals surface area contributed by atoms with E-state index in [1.54, 1.807) is 0 Å². The molecule has 1 aliphatic rings. The number of nitrogens with two attached hydrogens (primary N) is 1. The number of benzene rings is 1. The molecule has 1 atom stereocenters. The number of carbonyl (C=O) groups is 1. The molecule has 1 heterocycles. The van der Waals surface area contributed by atoms with Crippen LogP contribution in [0.15, 0.2) is 24.3 Å². The second-order valence-corrected chi connectivity index (χ2v) is 4.52. The number of amides is 1. The van der Waals surface area contributed by atoms with Crippen molar-refractivity contribution in [3.63, 3.8) is 0 Å². The third kappa shape index (κ3) is 2.82. The van der Waals surface area contributed by atoms with Crippen LogP contribution in [0.1, 0.15) is 31.4 Å². The molecule has 0 saturated carbocycles. The number of hydrogen-bond acceptors (Lipinski definition) is 3. The van der Waals surface area contributed by atoms with E-state index in [1.807, 2.05) is 36.1 Å². The standard InChI is InChI=1S/C14H20N2O2/c1-2-18-13-7-4-3-6-11(13)12(15)10-16-9-5-8-14(16)17/h3-4,6-7,12H,2,5,8-10,15H2,1H3. The molecule has 1 aliphatic heterocycles. The number of hydrogen-bond donors (Lipinski definition) is 1. The highest BCUT2D eigenvalue weighted by atomic mass is 16.5. The topological polar surface area (TPSA) is 55.6 Å². The van der Waals surface area contributed by atoms with Crippen LogP contribution in [0.4, 0.5) is 0 Å². The van der Waals surface area contributed by atoms with Gasteiger partial charge < -0.3 is 15.4 Å². The summed E-state index contributed by atoms with van der Waals surface area (Å²) in [6.45, 7) is 3.96. The van der Waals surface area contributed by atoms with E-state index >= 15 is 0 Å². The van der Waals surface area contributed by atoms with Crippen molar-refractivity contribution >= 4 is 5.91 Å². The average Bonchev–Trinajstić information content (AvgIpc) is 2.76. The van der Waals surface area contributed by atoms with E-state index in [-0.39, 0.29) is 11.9 Å². The van der Waals surface area contributed by atoms with Crippen LogP contribution in [0.25, 0.3) is 0 Å². The summed E-state index contributed by atoms with van der Waals surface area (Å²) in [5.41, 5.74) is 7.17. The Balaban J connectivity index is 2.08. The van der Waals surface area contributed by atoms with Crippen LogP contribution in [0, 0.1) is 0 Å². The Hall–Kier alpha value is -1.55. The third-order valence-electron chi connectivity index (χ3n) is 3.21. The lowest BCUT2D eigenvalue weighted by molar-refractivity contribution is -0.127. The summed E-state index contributed by atoms with van der Waals surface area (Å²) in [5, 5.41) is 0. The largest absolute Gasteiger partial charge is 0.494 e. The molecule has 0 radical (unpaired) electrons. The molecule has 2 rings (SSSR count). The van der Waals surface area contributed by atoms with E-state index in [0.717, 1.165) is 24.3 Å². The first-order valence-corrected chi connectivity index (χ1v) is 6.47. The van der Waals surface area contributed by atoms with Crippen LogP contribution >= 0.6 is 0 Å². The maximum Gasteiger partial charge on any atom is 0.222 e. The van der Waals surface area contributed by atoms with E-state index in [0.29, 0.717) is 19.6 Å². The van der Waals surface area contributed by atoms with Gasteiger partial charge in [-0.2, -0.15) is 0 Å². The van der Waals surface area contributed by atoms with E-state index < -0.39 is 0 Å². The van der Waals surface area contributed by atoms with Crippen molar-refractivity contribution in [2.24, 2.45) is 5.73 Å². The van der Waals surface area contributed by atoms with Crippen molar-refractivity contribution in [2.45, 2.75) is 25.8 Å². The third-order valence-corrected chi connectivity index (χ3v) is 3.21. The molecule has 0 aliphatic carbocycles. The van der Waals surface area contributed by atoms with Gasteiger partial charge in [0.2, 0.25) is 5.91 Å². The van der Waals surface area contributed by atoms with Crippen molar-refractivity contribution < 1.29 is 9.53 Å². The Morgan fingerprint density at radius 3 is 2.89 bits per heavy atom. The summed E-state index contributed by atoms with van der Waals surface area (Å²) in [7, 11) is 0. The van der Waals surface area contributed by atoms with Crippen molar-refractivity contribution in [3.05, 3.63) is 29.8 Å². The molecule has 98 valence electrons. The van der Waals surface area contributed by atoms with Gasteiger partial charge in [0.15, 0.2) is 0 Å². The van der Waals surface area contributed by atoms with Gasteiger partial charge in [-0.05, 0) is 19.4 Å². The molecule has 1 saturated heterocycles. The minimum Gasteiger partial charge on any atom is -0.494 e. The molecule has 1 aromatic carbocycles. The normalized spacial score (nSPS) is 17.0. The first-order valence-electron chi connectivity index (χ1n) is 6.47. The Bertz CT molecular complexity index is 420. The van der Waals surface area contributed by atoms with Crippen LogP contribution in [-0.4, -0.2) is 30.5 Å². The van der Waals surface area contributed by atoms with Crippen molar-refractivity contribution in [2.75, 3.05) is 19.7 Å². The fraction of sp³-hybridized carbons (Fsp3) is 0.500. The van der Waals surface area contributed by atoms with E-state index in [2.05, 4.69) is 0 Å². The van der Waals surface area contributed by atoms with Gasteiger partial charge in [0.1, 0.15) is 5.75 Å². The van der Waals surface area contributed by atoms with Crippen LogP contribution < -0.4 is 10.5 Å². The Labute approximate surface area is 108 Å². The Morgan fingerprint density at radius 2 is 2.22 bits per heavy atom. The minimum atomic E-state index is -0.185. The molecule has 4 nitrogen and oxygen atoms in total. The summed E-state index contributed by atoms with van der Waals surface area (Å²) in [6.07, 6.45) is 1.60. The molecule has 0 bridgehead atoms. The first-order chi connectivity index (χ1) is 8.72. The quantitative estimate of drug-likeness (QED) is 0.863. The van der Waals surface area contributed by atoms with Crippen LogP contribution in [0.2, 0.25) is 0 Å². The molecule has 1 amide bonds.